The van der Waals surface area contributed by atoms with Crippen LogP contribution in [0.15, 0.2) is 0 Å². The van der Waals surface area contributed by atoms with E-state index in [0.717, 1.165) is 0 Å². The molecule has 1 rings (SSSR count). The van der Waals surface area contributed by atoms with E-state index in [1.165, 1.54) is 71.4 Å². The van der Waals surface area contributed by atoms with E-state index in [9.17, 15) is 0 Å². The van der Waals surface area contributed by atoms with Gasteiger partial charge in [-0.05, 0) is 13.3 Å². The SMILES string of the molecule is CCCCCCCCN1CC[NH+](CC)C1.[I-]. The highest BCUT2D eigenvalue weighted by Crippen LogP contribution is 2.05. The molecule has 1 aliphatic rings. The Morgan fingerprint density at radius 2 is 1.69 bits per heavy atom. The van der Waals surface area contributed by atoms with Crippen molar-refractivity contribution in [3.05, 3.63) is 0 Å². The van der Waals surface area contributed by atoms with Gasteiger partial charge in [0.1, 0.15) is 6.67 Å². The zero-order valence-electron chi connectivity index (χ0n) is 11.1. The van der Waals surface area contributed by atoms with Gasteiger partial charge in [0, 0.05) is 6.54 Å². The van der Waals surface area contributed by atoms with Crippen LogP contribution in [0.5, 0.6) is 0 Å². The van der Waals surface area contributed by atoms with E-state index >= 15 is 0 Å². The van der Waals surface area contributed by atoms with Gasteiger partial charge in [-0.15, -0.1) is 0 Å². The average Bonchev–Trinajstić information content (AvgIpc) is 2.71. The predicted octanol–water partition coefficient (Wildman–Crippen LogP) is -1.47. The Morgan fingerprint density at radius 3 is 2.31 bits per heavy atom. The second-order valence-electron chi connectivity index (χ2n) is 4.90. The molecular weight excluding hydrogens is 311 g/mol. The van der Waals surface area contributed by atoms with Crippen LogP contribution in [-0.4, -0.2) is 37.7 Å². The first-order valence-corrected chi connectivity index (χ1v) is 6.92. The van der Waals surface area contributed by atoms with Crippen molar-refractivity contribution in [3.8, 4) is 0 Å². The van der Waals surface area contributed by atoms with Gasteiger partial charge in [-0.3, -0.25) is 4.90 Å². The van der Waals surface area contributed by atoms with Crippen molar-refractivity contribution >= 4 is 0 Å². The topological polar surface area (TPSA) is 7.68 Å². The maximum atomic E-state index is 2.64. The van der Waals surface area contributed by atoms with E-state index in [-0.39, 0.29) is 24.0 Å². The molecule has 0 aliphatic carbocycles. The van der Waals surface area contributed by atoms with Crippen molar-refractivity contribution in [2.45, 2.75) is 52.4 Å². The first-order chi connectivity index (χ1) is 7.36. The monoisotopic (exact) mass is 340 g/mol. The molecule has 0 aromatic carbocycles. The molecule has 1 N–H and O–H groups in total. The van der Waals surface area contributed by atoms with Gasteiger partial charge in [-0.1, -0.05) is 39.0 Å². The number of likely N-dealkylation sites (N-methyl/N-ethyl adjacent to an activating group) is 1. The van der Waals surface area contributed by atoms with E-state index in [1.807, 2.05) is 0 Å². The quantitative estimate of drug-likeness (QED) is 0.419. The van der Waals surface area contributed by atoms with Gasteiger partial charge in [-0.25, -0.2) is 0 Å². The van der Waals surface area contributed by atoms with Gasteiger partial charge in [0.25, 0.3) is 0 Å². The summed E-state index contributed by atoms with van der Waals surface area (Å²) in [6.07, 6.45) is 8.55. The molecule has 2 nitrogen and oxygen atoms in total. The lowest BCUT2D eigenvalue weighted by molar-refractivity contribution is -0.889. The molecule has 0 radical (unpaired) electrons. The van der Waals surface area contributed by atoms with Crippen molar-refractivity contribution < 1.29 is 28.9 Å². The molecule has 1 aliphatic heterocycles. The van der Waals surface area contributed by atoms with E-state index < -0.39 is 0 Å². The fourth-order valence-electron chi connectivity index (χ4n) is 2.39. The van der Waals surface area contributed by atoms with Crippen molar-refractivity contribution in [3.63, 3.8) is 0 Å². The standard InChI is InChI=1S/C13H28N2.HI/c1-3-5-6-7-8-9-10-15-12-11-14(4-2)13-15;/h3-13H2,1-2H3;1H. The molecule has 1 fully saturated rings. The van der Waals surface area contributed by atoms with E-state index in [1.54, 1.807) is 4.90 Å². The Balaban J connectivity index is 0.00000225. The van der Waals surface area contributed by atoms with Crippen LogP contribution in [0.3, 0.4) is 0 Å². The number of nitrogens with zero attached hydrogens (tertiary/aromatic N) is 1. The average molecular weight is 340 g/mol. The number of halogens is 1. The number of hydrogen-bond donors (Lipinski definition) is 1. The smallest absolute Gasteiger partial charge is 0.133 e. The third-order valence-corrected chi connectivity index (χ3v) is 3.56. The summed E-state index contributed by atoms with van der Waals surface area (Å²) in [6, 6.07) is 0. The Bertz CT molecular complexity index is 153. The van der Waals surface area contributed by atoms with Crippen molar-refractivity contribution in [1.82, 2.24) is 4.90 Å². The highest BCUT2D eigenvalue weighted by Gasteiger charge is 2.20. The first kappa shape index (κ1) is 16.6. The van der Waals surface area contributed by atoms with Gasteiger partial charge in [0.15, 0.2) is 0 Å². The van der Waals surface area contributed by atoms with E-state index in [2.05, 4.69) is 18.7 Å². The minimum atomic E-state index is 0. The van der Waals surface area contributed by atoms with Crippen LogP contribution in [0.1, 0.15) is 52.4 Å². The molecule has 1 atom stereocenters. The molecule has 1 unspecified atom stereocenters. The Kier molecular flexibility index (Phi) is 11.2. The largest absolute Gasteiger partial charge is 1.00 e. The van der Waals surface area contributed by atoms with Gasteiger partial charge in [-0.2, -0.15) is 0 Å². The zero-order valence-corrected chi connectivity index (χ0v) is 13.3. The molecule has 1 saturated heterocycles. The lowest BCUT2D eigenvalue weighted by atomic mass is 10.1. The maximum absolute atomic E-state index is 2.64. The van der Waals surface area contributed by atoms with E-state index in [0.29, 0.717) is 0 Å². The highest BCUT2D eigenvalue weighted by atomic mass is 127. The summed E-state index contributed by atoms with van der Waals surface area (Å²) in [5.74, 6) is 0. The molecule has 0 amide bonds. The molecular formula is C13H29IN2. The normalized spacial score (nSPS) is 21.0. The summed E-state index contributed by atoms with van der Waals surface area (Å²) in [4.78, 5) is 4.40. The lowest BCUT2D eigenvalue weighted by Crippen LogP contribution is -3.10. The Labute approximate surface area is 119 Å². The zero-order chi connectivity index (χ0) is 10.9. The minimum absolute atomic E-state index is 0. The molecule has 1 heterocycles. The van der Waals surface area contributed by atoms with Gasteiger partial charge >= 0.3 is 0 Å². The third kappa shape index (κ3) is 7.07. The summed E-state index contributed by atoms with van der Waals surface area (Å²) < 4.78 is 0. The third-order valence-electron chi connectivity index (χ3n) is 3.56. The Morgan fingerprint density at radius 1 is 1.00 bits per heavy atom. The number of hydrogen-bond acceptors (Lipinski definition) is 1. The fraction of sp³-hybridized carbons (Fsp3) is 1.00. The van der Waals surface area contributed by atoms with Crippen LogP contribution >= 0.6 is 0 Å². The molecule has 0 saturated carbocycles. The van der Waals surface area contributed by atoms with Crippen molar-refractivity contribution in [2.24, 2.45) is 0 Å². The van der Waals surface area contributed by atoms with Crippen LogP contribution in [-0.2, 0) is 0 Å². The second-order valence-corrected chi connectivity index (χ2v) is 4.90. The maximum Gasteiger partial charge on any atom is 0.133 e. The number of rotatable bonds is 8. The van der Waals surface area contributed by atoms with Crippen LogP contribution < -0.4 is 28.9 Å². The molecule has 0 aromatic heterocycles. The lowest BCUT2D eigenvalue weighted by Gasteiger charge is -2.13. The highest BCUT2D eigenvalue weighted by molar-refractivity contribution is 4.57. The van der Waals surface area contributed by atoms with Crippen LogP contribution in [0.2, 0.25) is 0 Å². The number of unbranched alkanes of at least 4 members (excludes halogenated alkanes) is 5. The number of quaternary nitrogens is 1. The minimum Gasteiger partial charge on any atom is -1.00 e. The molecule has 16 heavy (non-hydrogen) atoms. The summed E-state index contributed by atoms with van der Waals surface area (Å²) in [7, 11) is 0. The second kappa shape index (κ2) is 10.8. The van der Waals surface area contributed by atoms with Crippen LogP contribution in [0.25, 0.3) is 0 Å². The summed E-state index contributed by atoms with van der Waals surface area (Å²) in [5.41, 5.74) is 0. The van der Waals surface area contributed by atoms with Gasteiger partial charge in [0.05, 0.1) is 19.6 Å². The molecule has 98 valence electrons. The van der Waals surface area contributed by atoms with Crippen LogP contribution in [0.4, 0.5) is 0 Å². The first-order valence-electron chi connectivity index (χ1n) is 6.92. The Hall–Kier alpha value is 0.650. The predicted molar refractivity (Wildman–Crippen MR) is 66.2 cm³/mol. The van der Waals surface area contributed by atoms with Gasteiger partial charge in [0.2, 0.25) is 0 Å². The molecule has 3 heteroatoms. The summed E-state index contributed by atoms with van der Waals surface area (Å²) in [5, 5.41) is 0. The summed E-state index contributed by atoms with van der Waals surface area (Å²) >= 11 is 0. The molecule has 0 aromatic rings. The summed E-state index contributed by atoms with van der Waals surface area (Å²) in [6.45, 7) is 11.2. The van der Waals surface area contributed by atoms with Gasteiger partial charge < -0.3 is 28.9 Å². The molecule has 0 spiro atoms. The van der Waals surface area contributed by atoms with Crippen molar-refractivity contribution in [1.29, 1.82) is 0 Å². The molecule has 0 bridgehead atoms. The van der Waals surface area contributed by atoms with Crippen molar-refractivity contribution in [2.75, 3.05) is 32.8 Å². The fourth-order valence-corrected chi connectivity index (χ4v) is 2.39. The number of nitrogens with one attached hydrogen (secondary N) is 1. The van der Waals surface area contributed by atoms with E-state index in [4.69, 9.17) is 0 Å². The van der Waals surface area contributed by atoms with Crippen LogP contribution in [0, 0.1) is 0 Å².